The average Bonchev–Trinajstić information content (AvgIpc) is 3.10. The largest absolute Gasteiger partial charge is 0.405 e. The molecule has 2 aromatic heterocycles. The molecule has 0 atom stereocenters. The highest BCUT2D eigenvalue weighted by atomic mass is 15.3. The Balaban J connectivity index is 2.00. The van der Waals surface area contributed by atoms with Gasteiger partial charge in [-0.1, -0.05) is 49.6 Å². The van der Waals surface area contributed by atoms with Crippen LogP contribution < -0.4 is 33.2 Å². The van der Waals surface area contributed by atoms with Gasteiger partial charge in [0.05, 0.1) is 11.1 Å². The number of nitrogen functional groups attached to an aromatic ring is 1. The van der Waals surface area contributed by atoms with Gasteiger partial charge in [0.1, 0.15) is 5.82 Å². The highest BCUT2D eigenvalue weighted by Gasteiger charge is 2.10. The molecule has 0 radical (unpaired) electrons. The minimum Gasteiger partial charge on any atom is -0.405 e. The molecule has 0 amide bonds. The molecule has 0 aliphatic rings. The molecule has 2 heterocycles. The normalized spacial score (nSPS) is 12.9. The van der Waals surface area contributed by atoms with Gasteiger partial charge in [-0.05, 0) is 35.6 Å². The summed E-state index contributed by atoms with van der Waals surface area (Å²) in [6.07, 6.45) is 11.7. The van der Waals surface area contributed by atoms with Gasteiger partial charge >= 0.3 is 0 Å². The van der Waals surface area contributed by atoms with Crippen LogP contribution in [-0.4, -0.2) is 15.4 Å². The van der Waals surface area contributed by atoms with E-state index in [1.807, 2.05) is 48.5 Å². The number of nitrogens with two attached hydrogens (primary N) is 3. The third-order valence-electron chi connectivity index (χ3n) is 4.78. The average molecular weight is 426 g/mol. The molecule has 7 nitrogen and oxygen atoms in total. The molecule has 162 valence electrons. The number of allylic oxidation sites excluding steroid dienone is 2. The van der Waals surface area contributed by atoms with E-state index in [0.29, 0.717) is 23.4 Å². The number of nitrogens with one attached hydrogen (secondary N) is 1. The van der Waals surface area contributed by atoms with Gasteiger partial charge in [-0.3, -0.25) is 9.66 Å². The van der Waals surface area contributed by atoms with Crippen molar-refractivity contribution in [2.24, 2.45) is 16.5 Å². The molecule has 0 spiro atoms. The Kier molecular flexibility index (Phi) is 7.27. The van der Waals surface area contributed by atoms with Gasteiger partial charge in [0.25, 0.3) is 0 Å². The molecule has 0 saturated carbocycles. The van der Waals surface area contributed by atoms with Crippen molar-refractivity contribution >= 4 is 23.9 Å². The second kappa shape index (κ2) is 10.5. The van der Waals surface area contributed by atoms with Gasteiger partial charge in [-0.2, -0.15) is 0 Å². The van der Waals surface area contributed by atoms with E-state index >= 15 is 0 Å². The molecule has 0 unspecified atom stereocenters. The van der Waals surface area contributed by atoms with Crippen LogP contribution in [0, 0.1) is 0 Å². The Morgan fingerprint density at radius 2 is 1.94 bits per heavy atom. The minimum atomic E-state index is 0.491. The first-order valence-corrected chi connectivity index (χ1v) is 9.97. The maximum Gasteiger partial charge on any atom is 0.119 e. The van der Waals surface area contributed by atoms with Crippen molar-refractivity contribution in [3.63, 3.8) is 0 Å². The molecule has 7 heteroatoms. The summed E-state index contributed by atoms with van der Waals surface area (Å²) in [6, 6.07) is 13.8. The van der Waals surface area contributed by atoms with Crippen molar-refractivity contribution in [1.29, 1.82) is 0 Å². The second-order valence-electron chi connectivity index (χ2n) is 6.96. The van der Waals surface area contributed by atoms with E-state index in [-0.39, 0.29) is 0 Å². The van der Waals surface area contributed by atoms with Crippen molar-refractivity contribution in [2.75, 3.05) is 5.84 Å². The molecule has 32 heavy (non-hydrogen) atoms. The highest BCUT2D eigenvalue weighted by Crippen LogP contribution is 2.13. The maximum atomic E-state index is 6.12. The molecule has 0 bridgehead atoms. The monoisotopic (exact) mass is 425 g/mol. The molecule has 1 aromatic carbocycles. The van der Waals surface area contributed by atoms with Crippen LogP contribution in [-0.2, 0) is 6.54 Å². The zero-order valence-corrected chi connectivity index (χ0v) is 17.8. The van der Waals surface area contributed by atoms with Crippen LogP contribution in [0.15, 0.2) is 96.9 Å². The Labute approximate surface area is 187 Å². The van der Waals surface area contributed by atoms with Gasteiger partial charge in [-0.25, -0.2) is 4.99 Å². The zero-order chi connectivity index (χ0) is 22.9. The number of rotatable bonds is 8. The summed E-state index contributed by atoms with van der Waals surface area (Å²) < 4.78 is 1.44. The van der Waals surface area contributed by atoms with E-state index in [0.717, 1.165) is 27.5 Å². The van der Waals surface area contributed by atoms with E-state index in [9.17, 15) is 0 Å². The Bertz CT molecular complexity index is 1270. The van der Waals surface area contributed by atoms with Crippen LogP contribution in [0.25, 0.3) is 18.2 Å². The predicted molar refractivity (Wildman–Crippen MR) is 133 cm³/mol. The maximum absolute atomic E-state index is 6.12. The Morgan fingerprint density at radius 1 is 1.16 bits per heavy atom. The van der Waals surface area contributed by atoms with Gasteiger partial charge < -0.3 is 22.6 Å². The van der Waals surface area contributed by atoms with Crippen molar-refractivity contribution < 1.29 is 0 Å². The highest BCUT2D eigenvalue weighted by molar-refractivity contribution is 6.10. The topological polar surface area (TPSA) is 120 Å². The minimum absolute atomic E-state index is 0.491. The fourth-order valence-electron chi connectivity index (χ4n) is 3.13. The summed E-state index contributed by atoms with van der Waals surface area (Å²) in [7, 11) is 0. The number of benzene rings is 1. The quantitative estimate of drug-likeness (QED) is 0.320. The van der Waals surface area contributed by atoms with E-state index in [2.05, 4.69) is 28.5 Å². The number of hydrogen-bond donors (Lipinski definition) is 4. The summed E-state index contributed by atoms with van der Waals surface area (Å²) in [4.78, 5) is 8.80. The Hall–Kier alpha value is -4.52. The molecule has 7 N–H and O–H groups in total. The summed E-state index contributed by atoms with van der Waals surface area (Å²) in [5, 5.41) is 4.58. The van der Waals surface area contributed by atoms with Gasteiger partial charge in [0.15, 0.2) is 0 Å². The standard InChI is InChI=1S/C25H27N7/c1-18-23(13-22(14-27)21-9-6-12-29-16-21)24(17-32(18)28)25(10-11-26)31-19(2)30-15-20-7-4-3-5-8-20/h3-14,16-17,30H,1-2,15,26-28H2/b11-10-,22-14+,23-13+,31-25?. The van der Waals surface area contributed by atoms with Crippen LogP contribution in [0.2, 0.25) is 0 Å². The van der Waals surface area contributed by atoms with Crippen molar-refractivity contribution in [3.8, 4) is 0 Å². The number of pyridine rings is 1. The number of aromatic nitrogens is 2. The lowest BCUT2D eigenvalue weighted by molar-refractivity contribution is 0.805. The lowest BCUT2D eigenvalue weighted by Crippen LogP contribution is -2.33. The third kappa shape index (κ3) is 5.34. The first-order valence-electron chi connectivity index (χ1n) is 9.97. The van der Waals surface area contributed by atoms with Crippen molar-refractivity contribution in [3.05, 3.63) is 119 Å². The van der Waals surface area contributed by atoms with E-state index in [1.165, 1.54) is 17.1 Å². The van der Waals surface area contributed by atoms with Crippen LogP contribution in [0.4, 0.5) is 0 Å². The number of hydrogen-bond acceptors (Lipinski definition) is 6. The van der Waals surface area contributed by atoms with Crippen LogP contribution in [0.3, 0.4) is 0 Å². The summed E-state index contributed by atoms with van der Waals surface area (Å²) in [6.45, 7) is 8.72. The first kappa shape index (κ1) is 22.2. The third-order valence-corrected chi connectivity index (χ3v) is 4.78. The van der Waals surface area contributed by atoms with Crippen LogP contribution >= 0.6 is 0 Å². The van der Waals surface area contributed by atoms with Crippen LogP contribution in [0.5, 0.6) is 0 Å². The van der Waals surface area contributed by atoms with E-state index in [1.54, 1.807) is 24.7 Å². The van der Waals surface area contributed by atoms with Crippen LogP contribution in [0.1, 0.15) is 16.7 Å². The Morgan fingerprint density at radius 3 is 2.59 bits per heavy atom. The fraction of sp³-hybridized carbons (Fsp3) is 0.0400. The summed E-state index contributed by atoms with van der Waals surface area (Å²) in [5.41, 5.74) is 15.7. The molecule has 0 aliphatic heterocycles. The number of aliphatic imine (C=N–C) groups is 1. The molecular weight excluding hydrogens is 398 g/mol. The van der Waals surface area contributed by atoms with Crippen molar-refractivity contribution in [2.45, 2.75) is 6.54 Å². The summed E-state index contributed by atoms with van der Waals surface area (Å²) in [5.74, 6) is 6.61. The second-order valence-corrected chi connectivity index (χ2v) is 6.96. The van der Waals surface area contributed by atoms with Gasteiger partial charge in [0, 0.05) is 47.7 Å². The smallest absolute Gasteiger partial charge is 0.119 e. The van der Waals surface area contributed by atoms with Gasteiger partial charge in [0.2, 0.25) is 0 Å². The van der Waals surface area contributed by atoms with Crippen molar-refractivity contribution in [1.82, 2.24) is 15.0 Å². The molecule has 0 saturated heterocycles. The lowest BCUT2D eigenvalue weighted by atomic mass is 10.1. The van der Waals surface area contributed by atoms with E-state index < -0.39 is 0 Å². The lowest BCUT2D eigenvalue weighted by Gasteiger charge is -2.07. The van der Waals surface area contributed by atoms with Gasteiger partial charge in [-0.15, -0.1) is 0 Å². The SMILES string of the molecule is C=C(N=C(/C=C\N)c1cn(N)c(=C)/c1=C\C(=C/N)c1cccnc1)NCc1ccccc1. The predicted octanol–water partition coefficient (Wildman–Crippen LogP) is 1.31. The molecule has 0 aliphatic carbocycles. The molecular formula is C25H27N7. The molecule has 0 fully saturated rings. The fourth-order valence-corrected chi connectivity index (χ4v) is 3.13. The first-order chi connectivity index (χ1) is 15.5. The van der Waals surface area contributed by atoms with E-state index in [4.69, 9.17) is 17.3 Å². The summed E-state index contributed by atoms with van der Waals surface area (Å²) >= 11 is 0. The zero-order valence-electron chi connectivity index (χ0n) is 17.8. The number of nitrogens with zero attached hydrogens (tertiary/aromatic N) is 3. The molecule has 3 aromatic rings. The molecule has 3 rings (SSSR count).